The Bertz CT molecular complexity index is 588. The Morgan fingerprint density at radius 1 is 1.28 bits per heavy atom. The van der Waals surface area contributed by atoms with Gasteiger partial charge < -0.3 is 9.88 Å². The summed E-state index contributed by atoms with van der Waals surface area (Å²) in [6.07, 6.45) is 4.25. The third-order valence-electron chi connectivity index (χ3n) is 2.97. The molecule has 2 aromatic rings. The molecule has 1 aliphatic carbocycles. The largest absolute Gasteiger partial charge is 0.325 e. The predicted octanol–water partition coefficient (Wildman–Crippen LogP) is 3.55. The molecule has 0 radical (unpaired) electrons. The molecule has 3 rings (SSSR count). The third-order valence-corrected chi connectivity index (χ3v) is 2.97. The highest BCUT2D eigenvalue weighted by Crippen LogP contribution is 2.37. The van der Waals surface area contributed by atoms with Gasteiger partial charge in [-0.15, -0.1) is 0 Å². The van der Waals surface area contributed by atoms with E-state index in [2.05, 4.69) is 14.9 Å². The number of halogens is 2. The Kier molecular flexibility index (Phi) is 2.54. The number of nitrogens with one attached hydrogen (secondary N) is 1. The van der Waals surface area contributed by atoms with Crippen molar-refractivity contribution in [1.82, 2.24) is 9.55 Å². The van der Waals surface area contributed by atoms with Crippen LogP contribution in [0, 0.1) is 18.6 Å². The summed E-state index contributed by atoms with van der Waals surface area (Å²) < 4.78 is 28.0. The summed E-state index contributed by atoms with van der Waals surface area (Å²) in [5.41, 5.74) is 1.41. The van der Waals surface area contributed by atoms with Crippen LogP contribution in [0.5, 0.6) is 0 Å². The van der Waals surface area contributed by atoms with E-state index in [1.165, 1.54) is 6.07 Å². The minimum atomic E-state index is -0.860. The van der Waals surface area contributed by atoms with E-state index in [0.717, 1.165) is 30.7 Å². The van der Waals surface area contributed by atoms with Crippen molar-refractivity contribution in [2.45, 2.75) is 25.8 Å². The van der Waals surface area contributed by atoms with E-state index in [-0.39, 0.29) is 0 Å². The smallest absolute Gasteiger partial charge is 0.207 e. The molecular weight excluding hydrogens is 236 g/mol. The fraction of sp³-hybridized carbons (Fsp3) is 0.308. The first-order valence-electron chi connectivity index (χ1n) is 5.91. The number of rotatable bonds is 3. The molecule has 0 amide bonds. The zero-order valence-corrected chi connectivity index (χ0v) is 9.95. The minimum absolute atomic E-state index is 0.485. The zero-order valence-electron chi connectivity index (χ0n) is 9.95. The molecule has 0 bridgehead atoms. The Balaban J connectivity index is 1.89. The molecule has 1 heterocycles. The van der Waals surface area contributed by atoms with E-state index in [1.54, 1.807) is 0 Å². The summed E-state index contributed by atoms with van der Waals surface area (Å²) in [5.74, 6) is -1.02. The van der Waals surface area contributed by atoms with Gasteiger partial charge in [-0.25, -0.2) is 13.8 Å². The summed E-state index contributed by atoms with van der Waals surface area (Å²) in [6, 6.07) is 4.23. The third kappa shape index (κ3) is 2.08. The van der Waals surface area contributed by atoms with Crippen LogP contribution in [0.4, 0.5) is 20.4 Å². The summed E-state index contributed by atoms with van der Waals surface area (Å²) >= 11 is 0. The number of hydrogen-bond acceptors (Lipinski definition) is 2. The van der Waals surface area contributed by atoms with Gasteiger partial charge in [-0.2, -0.15) is 0 Å². The van der Waals surface area contributed by atoms with Crippen LogP contribution in [0.1, 0.15) is 24.6 Å². The maximum Gasteiger partial charge on any atom is 0.207 e. The number of benzene rings is 1. The van der Waals surface area contributed by atoms with Gasteiger partial charge in [0.25, 0.3) is 0 Å². The predicted molar refractivity (Wildman–Crippen MR) is 64.9 cm³/mol. The highest BCUT2D eigenvalue weighted by atomic mass is 19.2. The molecular formula is C13H13F2N3. The van der Waals surface area contributed by atoms with Crippen LogP contribution >= 0.6 is 0 Å². The Labute approximate surface area is 103 Å². The SMILES string of the molecule is Cc1cn(C2CC2)c(Nc2ccc(F)c(F)c2)n1. The number of hydrogen-bond donors (Lipinski definition) is 1. The second-order valence-electron chi connectivity index (χ2n) is 4.60. The lowest BCUT2D eigenvalue weighted by atomic mass is 10.3. The number of aryl methyl sites for hydroxylation is 1. The highest BCUT2D eigenvalue weighted by Gasteiger charge is 2.26. The summed E-state index contributed by atoms with van der Waals surface area (Å²) in [7, 11) is 0. The lowest BCUT2D eigenvalue weighted by Crippen LogP contribution is -2.01. The molecule has 1 aliphatic rings. The van der Waals surface area contributed by atoms with Crippen molar-refractivity contribution in [3.8, 4) is 0 Å². The second-order valence-corrected chi connectivity index (χ2v) is 4.60. The highest BCUT2D eigenvalue weighted by molar-refractivity contribution is 5.54. The molecule has 1 N–H and O–H groups in total. The van der Waals surface area contributed by atoms with Gasteiger partial charge in [-0.1, -0.05) is 0 Å². The Morgan fingerprint density at radius 3 is 2.72 bits per heavy atom. The first-order chi connectivity index (χ1) is 8.63. The Morgan fingerprint density at radius 2 is 2.06 bits per heavy atom. The summed E-state index contributed by atoms with van der Waals surface area (Å²) in [5, 5.41) is 3.03. The van der Waals surface area contributed by atoms with E-state index in [9.17, 15) is 8.78 Å². The summed E-state index contributed by atoms with van der Waals surface area (Å²) in [4.78, 5) is 4.35. The number of anilines is 2. The molecule has 0 spiro atoms. The van der Waals surface area contributed by atoms with Crippen molar-refractivity contribution < 1.29 is 8.78 Å². The lowest BCUT2D eigenvalue weighted by molar-refractivity contribution is 0.509. The van der Waals surface area contributed by atoms with E-state index < -0.39 is 11.6 Å². The van der Waals surface area contributed by atoms with Crippen molar-refractivity contribution in [3.63, 3.8) is 0 Å². The monoisotopic (exact) mass is 249 g/mol. The van der Waals surface area contributed by atoms with E-state index in [0.29, 0.717) is 17.7 Å². The average molecular weight is 249 g/mol. The van der Waals surface area contributed by atoms with Crippen molar-refractivity contribution in [1.29, 1.82) is 0 Å². The van der Waals surface area contributed by atoms with Crippen molar-refractivity contribution in [2.24, 2.45) is 0 Å². The molecule has 0 atom stereocenters. The average Bonchev–Trinajstić information content (AvgIpc) is 3.09. The normalized spacial score (nSPS) is 14.8. The maximum atomic E-state index is 13.1. The quantitative estimate of drug-likeness (QED) is 0.901. The van der Waals surface area contributed by atoms with Gasteiger partial charge in [-0.3, -0.25) is 0 Å². The molecule has 94 valence electrons. The van der Waals surface area contributed by atoms with Crippen LogP contribution in [0.3, 0.4) is 0 Å². The van der Waals surface area contributed by atoms with Gasteiger partial charge in [0.05, 0.1) is 5.69 Å². The molecule has 18 heavy (non-hydrogen) atoms. The number of imidazole rings is 1. The van der Waals surface area contributed by atoms with Crippen LogP contribution in [0.15, 0.2) is 24.4 Å². The lowest BCUT2D eigenvalue weighted by Gasteiger charge is -2.08. The molecule has 1 aromatic heterocycles. The van der Waals surface area contributed by atoms with E-state index >= 15 is 0 Å². The van der Waals surface area contributed by atoms with Gasteiger partial charge in [0.15, 0.2) is 11.6 Å². The molecule has 0 saturated heterocycles. The van der Waals surface area contributed by atoms with Crippen molar-refractivity contribution >= 4 is 11.6 Å². The van der Waals surface area contributed by atoms with Crippen LogP contribution < -0.4 is 5.32 Å². The first-order valence-corrected chi connectivity index (χ1v) is 5.91. The molecule has 1 fully saturated rings. The van der Waals surface area contributed by atoms with Crippen LogP contribution in [-0.4, -0.2) is 9.55 Å². The molecule has 3 nitrogen and oxygen atoms in total. The second kappa shape index (κ2) is 4.08. The molecule has 1 aromatic carbocycles. The fourth-order valence-electron chi connectivity index (χ4n) is 1.94. The van der Waals surface area contributed by atoms with Gasteiger partial charge in [0, 0.05) is 24.0 Å². The summed E-state index contributed by atoms with van der Waals surface area (Å²) in [6.45, 7) is 1.91. The van der Waals surface area contributed by atoms with E-state index in [4.69, 9.17) is 0 Å². The van der Waals surface area contributed by atoms with Gasteiger partial charge >= 0.3 is 0 Å². The molecule has 1 saturated carbocycles. The van der Waals surface area contributed by atoms with Gasteiger partial charge in [-0.05, 0) is 31.9 Å². The zero-order chi connectivity index (χ0) is 12.7. The van der Waals surface area contributed by atoms with Crippen LogP contribution in [-0.2, 0) is 0 Å². The maximum absolute atomic E-state index is 13.1. The van der Waals surface area contributed by atoms with E-state index in [1.807, 2.05) is 13.1 Å². The number of aromatic nitrogens is 2. The van der Waals surface area contributed by atoms with Gasteiger partial charge in [0.2, 0.25) is 5.95 Å². The minimum Gasteiger partial charge on any atom is -0.325 e. The van der Waals surface area contributed by atoms with Crippen LogP contribution in [0.25, 0.3) is 0 Å². The van der Waals surface area contributed by atoms with Crippen molar-refractivity contribution in [2.75, 3.05) is 5.32 Å². The molecule has 5 heteroatoms. The Hall–Kier alpha value is -1.91. The topological polar surface area (TPSA) is 29.9 Å². The molecule has 0 unspecified atom stereocenters. The van der Waals surface area contributed by atoms with Gasteiger partial charge in [0.1, 0.15) is 0 Å². The molecule has 0 aliphatic heterocycles. The first kappa shape index (κ1) is 11.2. The van der Waals surface area contributed by atoms with Crippen molar-refractivity contribution in [3.05, 3.63) is 41.7 Å². The fourth-order valence-corrected chi connectivity index (χ4v) is 1.94. The van der Waals surface area contributed by atoms with Crippen LogP contribution in [0.2, 0.25) is 0 Å². The standard InChI is InChI=1S/C13H13F2N3/c1-8-7-18(10-3-4-10)13(16-8)17-9-2-5-11(14)12(15)6-9/h2,5-7,10H,3-4H2,1H3,(H,16,17). The number of nitrogens with zero attached hydrogens (tertiary/aromatic N) is 2.